The van der Waals surface area contributed by atoms with Gasteiger partial charge in [-0.2, -0.15) is 0 Å². The van der Waals surface area contributed by atoms with Gasteiger partial charge in [0.05, 0.1) is 0 Å². The number of hydrogen-bond acceptors (Lipinski definition) is 3. The molecule has 3 rings (SSSR count). The Morgan fingerprint density at radius 1 is 1.35 bits per heavy atom. The number of rotatable bonds is 3. The Hall–Kier alpha value is -0.640. The van der Waals surface area contributed by atoms with Crippen LogP contribution in [0, 0.1) is 5.92 Å². The van der Waals surface area contributed by atoms with Crippen molar-refractivity contribution < 1.29 is 0 Å². The molecule has 1 fully saturated rings. The Morgan fingerprint density at radius 3 is 3.18 bits per heavy atom. The first-order valence-corrected chi connectivity index (χ1v) is 7.64. The molecule has 17 heavy (non-hydrogen) atoms. The predicted octanol–water partition coefficient (Wildman–Crippen LogP) is 2.58. The summed E-state index contributed by atoms with van der Waals surface area (Å²) < 4.78 is 0. The number of hydrogen-bond donors (Lipinski definition) is 0. The molecule has 4 heteroatoms. The molecule has 1 atom stereocenters. The maximum absolute atomic E-state index is 4.53. The summed E-state index contributed by atoms with van der Waals surface area (Å²) in [5, 5.41) is 1.12. The molecule has 0 spiro atoms. The maximum atomic E-state index is 4.53. The van der Waals surface area contributed by atoms with Crippen LogP contribution in [0.25, 0.3) is 0 Å². The molecule has 2 aliphatic rings. The highest BCUT2D eigenvalue weighted by molar-refractivity contribution is 9.09. The Kier molecular flexibility index (Phi) is 3.32. The van der Waals surface area contributed by atoms with Crippen molar-refractivity contribution in [2.24, 2.45) is 5.92 Å². The van der Waals surface area contributed by atoms with Crippen LogP contribution in [0.1, 0.15) is 30.5 Å². The third-order valence-corrected chi connectivity index (χ3v) is 4.41. The number of halogens is 1. The predicted molar refractivity (Wildman–Crippen MR) is 72.8 cm³/mol. The second-order valence-electron chi connectivity index (χ2n) is 5.05. The lowest BCUT2D eigenvalue weighted by molar-refractivity contribution is 0.575. The fourth-order valence-electron chi connectivity index (χ4n) is 3.03. The Labute approximate surface area is 111 Å². The van der Waals surface area contributed by atoms with E-state index in [-0.39, 0.29) is 0 Å². The summed E-state index contributed by atoms with van der Waals surface area (Å²) in [4.78, 5) is 11.4. The van der Waals surface area contributed by atoms with Crippen molar-refractivity contribution in [1.29, 1.82) is 0 Å². The van der Waals surface area contributed by atoms with Crippen LogP contribution in [0.2, 0.25) is 0 Å². The molecule has 1 aliphatic heterocycles. The van der Waals surface area contributed by atoms with Crippen LogP contribution in [0.3, 0.4) is 0 Å². The molecule has 92 valence electrons. The molecular formula is C13H18BrN3. The average molecular weight is 296 g/mol. The van der Waals surface area contributed by atoms with Crippen molar-refractivity contribution in [2.45, 2.75) is 32.1 Å². The summed E-state index contributed by atoms with van der Waals surface area (Å²) >= 11 is 3.54. The van der Waals surface area contributed by atoms with E-state index in [4.69, 9.17) is 0 Å². The van der Waals surface area contributed by atoms with Gasteiger partial charge in [0.2, 0.25) is 0 Å². The number of alkyl halides is 1. The van der Waals surface area contributed by atoms with Gasteiger partial charge >= 0.3 is 0 Å². The van der Waals surface area contributed by atoms with E-state index in [0.717, 1.165) is 17.7 Å². The maximum Gasteiger partial charge on any atom is 0.135 e. The molecule has 3 nitrogen and oxygen atoms in total. The van der Waals surface area contributed by atoms with E-state index < -0.39 is 0 Å². The highest BCUT2D eigenvalue weighted by atomic mass is 79.9. The van der Waals surface area contributed by atoms with Gasteiger partial charge in [-0.1, -0.05) is 15.9 Å². The number of anilines is 1. The quantitative estimate of drug-likeness (QED) is 0.803. The Balaban J connectivity index is 1.79. The highest BCUT2D eigenvalue weighted by Gasteiger charge is 2.27. The molecule has 0 bridgehead atoms. The summed E-state index contributed by atoms with van der Waals surface area (Å²) in [6, 6.07) is 0. The summed E-state index contributed by atoms with van der Waals surface area (Å²) in [6.07, 6.45) is 7.90. The van der Waals surface area contributed by atoms with E-state index in [1.807, 2.05) is 0 Å². The number of aryl methyl sites for hydroxylation is 1. The van der Waals surface area contributed by atoms with E-state index in [0.29, 0.717) is 0 Å². The minimum absolute atomic E-state index is 0.835. The highest BCUT2D eigenvalue weighted by Crippen LogP contribution is 2.31. The minimum atomic E-state index is 0.835. The van der Waals surface area contributed by atoms with Crippen LogP contribution >= 0.6 is 15.9 Å². The largest absolute Gasteiger partial charge is 0.356 e. The van der Waals surface area contributed by atoms with Crippen molar-refractivity contribution in [3.63, 3.8) is 0 Å². The molecule has 1 aromatic rings. The van der Waals surface area contributed by atoms with Crippen LogP contribution in [0.4, 0.5) is 5.82 Å². The number of nitrogens with zero attached hydrogens (tertiary/aromatic N) is 3. The van der Waals surface area contributed by atoms with Crippen LogP contribution in [-0.2, 0) is 12.8 Å². The molecule has 1 aliphatic carbocycles. The van der Waals surface area contributed by atoms with Gasteiger partial charge in [-0.05, 0) is 38.0 Å². The molecule has 0 saturated carbocycles. The van der Waals surface area contributed by atoms with E-state index >= 15 is 0 Å². The van der Waals surface area contributed by atoms with Crippen LogP contribution in [0.5, 0.6) is 0 Å². The lowest BCUT2D eigenvalue weighted by atomic mass is 10.1. The van der Waals surface area contributed by atoms with Gasteiger partial charge in [-0.15, -0.1) is 0 Å². The number of fused-ring (bicyclic) bond motifs is 1. The SMILES string of the molecule is BrCCC1CCN(c2ncnc3c2CCC3)C1. The molecule has 0 amide bonds. The monoisotopic (exact) mass is 295 g/mol. The third-order valence-electron chi connectivity index (χ3n) is 3.95. The minimum Gasteiger partial charge on any atom is -0.356 e. The van der Waals surface area contributed by atoms with Crippen molar-refractivity contribution in [3.05, 3.63) is 17.6 Å². The fourth-order valence-corrected chi connectivity index (χ4v) is 3.68. The van der Waals surface area contributed by atoms with Gasteiger partial charge in [0.15, 0.2) is 0 Å². The van der Waals surface area contributed by atoms with Crippen molar-refractivity contribution in [1.82, 2.24) is 9.97 Å². The zero-order valence-electron chi connectivity index (χ0n) is 10.0. The lowest BCUT2D eigenvalue weighted by Crippen LogP contribution is -2.22. The molecule has 2 heterocycles. The molecule has 0 N–H and O–H groups in total. The van der Waals surface area contributed by atoms with E-state index in [1.54, 1.807) is 6.33 Å². The summed E-state index contributed by atoms with van der Waals surface area (Å²) in [5.41, 5.74) is 2.71. The normalized spacial score (nSPS) is 23.1. The standard InChI is InChI=1S/C13H18BrN3/c14-6-4-10-5-7-17(8-10)13-11-2-1-3-12(11)15-9-16-13/h9-10H,1-8H2. The van der Waals surface area contributed by atoms with Crippen LogP contribution in [-0.4, -0.2) is 28.4 Å². The summed E-state index contributed by atoms with van der Waals surface area (Å²) in [7, 11) is 0. The van der Waals surface area contributed by atoms with Gasteiger partial charge in [0.25, 0.3) is 0 Å². The van der Waals surface area contributed by atoms with Crippen molar-refractivity contribution in [2.75, 3.05) is 23.3 Å². The smallest absolute Gasteiger partial charge is 0.135 e. The van der Waals surface area contributed by atoms with E-state index in [1.165, 1.54) is 55.8 Å². The molecular weight excluding hydrogens is 278 g/mol. The van der Waals surface area contributed by atoms with Crippen LogP contribution < -0.4 is 4.90 Å². The Bertz CT molecular complexity index is 408. The van der Waals surface area contributed by atoms with Gasteiger partial charge in [0.1, 0.15) is 12.1 Å². The molecule has 1 aromatic heterocycles. The van der Waals surface area contributed by atoms with E-state index in [9.17, 15) is 0 Å². The second-order valence-corrected chi connectivity index (χ2v) is 5.85. The van der Waals surface area contributed by atoms with Crippen molar-refractivity contribution in [3.8, 4) is 0 Å². The van der Waals surface area contributed by atoms with Crippen LogP contribution in [0.15, 0.2) is 6.33 Å². The first-order chi connectivity index (χ1) is 8.38. The molecule has 0 aromatic carbocycles. The third kappa shape index (κ3) is 2.19. The first-order valence-electron chi connectivity index (χ1n) is 6.52. The topological polar surface area (TPSA) is 29.0 Å². The summed E-state index contributed by atoms with van der Waals surface area (Å²) in [6.45, 7) is 2.34. The summed E-state index contributed by atoms with van der Waals surface area (Å²) in [5.74, 6) is 2.06. The molecule has 0 radical (unpaired) electrons. The molecule has 1 saturated heterocycles. The zero-order valence-corrected chi connectivity index (χ0v) is 11.6. The van der Waals surface area contributed by atoms with Gasteiger partial charge < -0.3 is 4.90 Å². The van der Waals surface area contributed by atoms with Gasteiger partial charge in [-0.25, -0.2) is 9.97 Å². The fraction of sp³-hybridized carbons (Fsp3) is 0.692. The van der Waals surface area contributed by atoms with E-state index in [2.05, 4.69) is 30.8 Å². The lowest BCUT2D eigenvalue weighted by Gasteiger charge is -2.20. The van der Waals surface area contributed by atoms with Gasteiger partial charge in [0, 0.05) is 29.7 Å². The zero-order chi connectivity index (χ0) is 11.7. The Morgan fingerprint density at radius 2 is 2.29 bits per heavy atom. The average Bonchev–Trinajstić information content (AvgIpc) is 2.96. The van der Waals surface area contributed by atoms with Gasteiger partial charge in [-0.3, -0.25) is 0 Å². The first kappa shape index (κ1) is 11.5. The number of aromatic nitrogens is 2. The molecule has 1 unspecified atom stereocenters. The second kappa shape index (κ2) is 4.92. The van der Waals surface area contributed by atoms with Crippen molar-refractivity contribution >= 4 is 21.7 Å².